The first kappa shape index (κ1) is 20.1. The summed E-state index contributed by atoms with van der Waals surface area (Å²) in [5, 5.41) is 2.58. The lowest BCUT2D eigenvalue weighted by Gasteiger charge is -2.34. The van der Waals surface area contributed by atoms with Crippen LogP contribution >= 0.6 is 15.9 Å². The van der Waals surface area contributed by atoms with E-state index in [1.807, 2.05) is 0 Å². The van der Waals surface area contributed by atoms with Gasteiger partial charge in [-0.15, -0.1) is 0 Å². The lowest BCUT2D eigenvalue weighted by Crippen LogP contribution is -2.45. The first-order valence-corrected chi connectivity index (χ1v) is 10.9. The molecular formula is C25H27BrN2O. The van der Waals surface area contributed by atoms with Gasteiger partial charge in [0.05, 0.1) is 7.11 Å². The molecule has 3 nitrogen and oxygen atoms in total. The summed E-state index contributed by atoms with van der Waals surface area (Å²) in [6, 6.07) is 21.3. The van der Waals surface area contributed by atoms with Crippen LogP contribution in [0.25, 0.3) is 16.8 Å². The molecule has 0 saturated carbocycles. The van der Waals surface area contributed by atoms with E-state index in [0.717, 1.165) is 49.5 Å². The zero-order valence-corrected chi connectivity index (χ0v) is 18.4. The summed E-state index contributed by atoms with van der Waals surface area (Å²) >= 11 is 3.48. The predicted molar refractivity (Wildman–Crippen MR) is 125 cm³/mol. The maximum Gasteiger partial charge on any atom is 0.123 e. The second kappa shape index (κ2) is 9.57. The second-order valence-corrected chi connectivity index (χ2v) is 8.41. The summed E-state index contributed by atoms with van der Waals surface area (Å²) in [6.45, 7) is 6.29. The molecule has 150 valence electrons. The average molecular weight is 451 g/mol. The van der Waals surface area contributed by atoms with E-state index in [1.54, 1.807) is 7.11 Å². The Kier molecular flexibility index (Phi) is 6.65. The third-order valence-corrected chi connectivity index (χ3v) is 6.14. The summed E-state index contributed by atoms with van der Waals surface area (Å²) in [4.78, 5) is 5.06. The molecule has 0 radical (unpaired) electrons. The van der Waals surface area contributed by atoms with Crippen molar-refractivity contribution >= 4 is 32.8 Å². The maximum absolute atomic E-state index is 5.67. The van der Waals surface area contributed by atoms with E-state index in [4.69, 9.17) is 4.74 Å². The Morgan fingerprint density at radius 3 is 2.38 bits per heavy atom. The molecule has 1 aliphatic heterocycles. The molecule has 0 spiro atoms. The van der Waals surface area contributed by atoms with E-state index in [0.29, 0.717) is 0 Å². The summed E-state index contributed by atoms with van der Waals surface area (Å²) in [5.41, 5.74) is 2.55. The maximum atomic E-state index is 5.67. The summed E-state index contributed by atoms with van der Waals surface area (Å²) in [7, 11) is 1.77. The predicted octanol–water partition coefficient (Wildman–Crippen LogP) is 5.44. The molecule has 3 aromatic carbocycles. The summed E-state index contributed by atoms with van der Waals surface area (Å²) in [5.74, 6) is 0.989. The van der Waals surface area contributed by atoms with Crippen molar-refractivity contribution in [3.05, 3.63) is 82.3 Å². The van der Waals surface area contributed by atoms with Crippen molar-refractivity contribution in [3.8, 4) is 5.75 Å². The largest absolute Gasteiger partial charge is 0.496 e. The number of benzene rings is 3. The van der Waals surface area contributed by atoms with Crippen LogP contribution < -0.4 is 4.74 Å². The van der Waals surface area contributed by atoms with Gasteiger partial charge in [-0.2, -0.15) is 0 Å². The van der Waals surface area contributed by atoms with Crippen LogP contribution in [0.15, 0.2) is 71.2 Å². The van der Waals surface area contributed by atoms with E-state index >= 15 is 0 Å². The standard InChI is InChI=1S/C25H27BrN2O/c1-29-25-13-10-21-6-2-3-7-23(21)24(25)19-28-17-15-27(16-18-28)14-4-5-20-8-11-22(26)12-9-20/h2-13H,14-19H2,1H3. The minimum atomic E-state index is 0.938. The molecule has 4 heteroatoms. The van der Waals surface area contributed by atoms with Gasteiger partial charge in [0.2, 0.25) is 0 Å². The van der Waals surface area contributed by atoms with E-state index in [-0.39, 0.29) is 0 Å². The minimum absolute atomic E-state index is 0.938. The van der Waals surface area contributed by atoms with Crippen molar-refractivity contribution in [2.24, 2.45) is 0 Å². The Bertz CT molecular complexity index is 976. The van der Waals surface area contributed by atoms with Gasteiger partial charge in [0.15, 0.2) is 0 Å². The molecule has 3 aromatic rings. The van der Waals surface area contributed by atoms with E-state index in [9.17, 15) is 0 Å². The Morgan fingerprint density at radius 1 is 0.897 bits per heavy atom. The van der Waals surface area contributed by atoms with Gasteiger partial charge >= 0.3 is 0 Å². The average Bonchev–Trinajstić information content (AvgIpc) is 2.76. The zero-order valence-electron chi connectivity index (χ0n) is 16.9. The van der Waals surface area contributed by atoms with Crippen LogP contribution in [0.4, 0.5) is 0 Å². The molecule has 0 N–H and O–H groups in total. The molecule has 0 atom stereocenters. The summed E-state index contributed by atoms with van der Waals surface area (Å²) in [6.07, 6.45) is 4.48. The zero-order chi connectivity index (χ0) is 20.1. The molecule has 4 rings (SSSR count). The van der Waals surface area contributed by atoms with Crippen molar-refractivity contribution in [1.29, 1.82) is 0 Å². The number of ether oxygens (including phenoxy) is 1. The molecule has 0 unspecified atom stereocenters. The fourth-order valence-electron chi connectivity index (χ4n) is 3.94. The number of hydrogen-bond donors (Lipinski definition) is 0. The Balaban J connectivity index is 1.34. The van der Waals surface area contributed by atoms with Crippen LogP contribution in [0.1, 0.15) is 11.1 Å². The van der Waals surface area contributed by atoms with Gasteiger partial charge in [0.1, 0.15) is 5.75 Å². The van der Waals surface area contributed by atoms with E-state index in [2.05, 4.69) is 98.5 Å². The van der Waals surface area contributed by atoms with Crippen molar-refractivity contribution < 1.29 is 4.74 Å². The first-order chi connectivity index (χ1) is 14.2. The molecule has 0 bridgehead atoms. The lowest BCUT2D eigenvalue weighted by atomic mass is 10.0. The monoisotopic (exact) mass is 450 g/mol. The molecule has 1 aliphatic rings. The third-order valence-electron chi connectivity index (χ3n) is 5.61. The number of methoxy groups -OCH3 is 1. The van der Waals surface area contributed by atoms with E-state index < -0.39 is 0 Å². The van der Waals surface area contributed by atoms with Gasteiger partial charge in [0.25, 0.3) is 0 Å². The fraction of sp³-hybridized carbons (Fsp3) is 0.280. The summed E-state index contributed by atoms with van der Waals surface area (Å²) < 4.78 is 6.79. The van der Waals surface area contributed by atoms with Gasteiger partial charge in [-0.1, -0.05) is 70.5 Å². The highest BCUT2D eigenvalue weighted by atomic mass is 79.9. The molecule has 0 aromatic heterocycles. The number of halogens is 1. The van der Waals surface area contributed by atoms with Crippen LogP contribution in [-0.4, -0.2) is 49.6 Å². The highest BCUT2D eigenvalue weighted by Crippen LogP contribution is 2.29. The number of hydrogen-bond acceptors (Lipinski definition) is 3. The highest BCUT2D eigenvalue weighted by Gasteiger charge is 2.18. The fourth-order valence-corrected chi connectivity index (χ4v) is 4.20. The molecule has 1 heterocycles. The minimum Gasteiger partial charge on any atom is -0.496 e. The molecule has 1 fully saturated rings. The van der Waals surface area contributed by atoms with Gasteiger partial charge in [0, 0.05) is 49.3 Å². The van der Waals surface area contributed by atoms with Gasteiger partial charge in [-0.05, 0) is 34.5 Å². The van der Waals surface area contributed by atoms with Crippen LogP contribution in [0.5, 0.6) is 5.75 Å². The Hall–Kier alpha value is -2.14. The van der Waals surface area contributed by atoms with Crippen LogP contribution in [-0.2, 0) is 6.54 Å². The number of fused-ring (bicyclic) bond motifs is 1. The second-order valence-electron chi connectivity index (χ2n) is 7.50. The molecule has 29 heavy (non-hydrogen) atoms. The lowest BCUT2D eigenvalue weighted by molar-refractivity contribution is 0.136. The number of rotatable bonds is 6. The van der Waals surface area contributed by atoms with Crippen molar-refractivity contribution in [3.63, 3.8) is 0 Å². The van der Waals surface area contributed by atoms with Crippen molar-refractivity contribution in [2.45, 2.75) is 6.54 Å². The van der Waals surface area contributed by atoms with Gasteiger partial charge in [-0.3, -0.25) is 9.80 Å². The SMILES string of the molecule is COc1ccc2ccccc2c1CN1CCN(CC=Cc2ccc(Br)cc2)CC1. The third kappa shape index (κ3) is 5.08. The molecule has 1 saturated heterocycles. The number of nitrogens with zero attached hydrogens (tertiary/aromatic N) is 2. The quantitative estimate of drug-likeness (QED) is 0.496. The molecular weight excluding hydrogens is 424 g/mol. The van der Waals surface area contributed by atoms with E-state index in [1.165, 1.54) is 21.9 Å². The Morgan fingerprint density at radius 2 is 1.62 bits per heavy atom. The van der Waals surface area contributed by atoms with Crippen LogP contribution in [0.2, 0.25) is 0 Å². The van der Waals surface area contributed by atoms with Gasteiger partial charge < -0.3 is 4.74 Å². The number of piperazine rings is 1. The molecule has 0 amide bonds. The first-order valence-electron chi connectivity index (χ1n) is 10.1. The highest BCUT2D eigenvalue weighted by molar-refractivity contribution is 9.10. The van der Waals surface area contributed by atoms with Crippen molar-refractivity contribution in [1.82, 2.24) is 9.80 Å². The Labute approximate surface area is 181 Å². The normalized spacial score (nSPS) is 15.9. The van der Waals surface area contributed by atoms with Crippen LogP contribution in [0.3, 0.4) is 0 Å². The molecule has 0 aliphatic carbocycles. The van der Waals surface area contributed by atoms with Crippen LogP contribution in [0, 0.1) is 0 Å². The smallest absolute Gasteiger partial charge is 0.123 e. The van der Waals surface area contributed by atoms with Gasteiger partial charge in [-0.25, -0.2) is 0 Å². The topological polar surface area (TPSA) is 15.7 Å². The van der Waals surface area contributed by atoms with Crippen molar-refractivity contribution in [2.75, 3.05) is 39.8 Å².